The summed E-state index contributed by atoms with van der Waals surface area (Å²) in [5, 5.41) is 0. The zero-order chi connectivity index (χ0) is 16.6. The van der Waals surface area contributed by atoms with Gasteiger partial charge in [0, 0.05) is 12.1 Å². The van der Waals surface area contributed by atoms with Crippen molar-refractivity contribution in [2.45, 2.75) is 30.7 Å². The first kappa shape index (κ1) is 15.7. The van der Waals surface area contributed by atoms with Crippen molar-refractivity contribution < 1.29 is 22.7 Å². The molecule has 0 bridgehead atoms. The monoisotopic (exact) mass is 336 g/mol. The van der Waals surface area contributed by atoms with Gasteiger partial charge >= 0.3 is 5.97 Å². The normalized spacial score (nSPS) is 21.7. The van der Waals surface area contributed by atoms with E-state index < -0.39 is 22.0 Å². The van der Waals surface area contributed by atoms with Crippen LogP contribution in [0.3, 0.4) is 0 Å². The molecule has 7 nitrogen and oxygen atoms in total. The summed E-state index contributed by atoms with van der Waals surface area (Å²) < 4.78 is 33.1. The van der Waals surface area contributed by atoms with Crippen molar-refractivity contribution in [1.29, 1.82) is 0 Å². The number of likely N-dealkylation sites (tertiary alicyclic amines) is 1. The van der Waals surface area contributed by atoms with Crippen molar-refractivity contribution in [3.63, 3.8) is 0 Å². The first-order chi connectivity index (χ1) is 10.9. The number of rotatable bonds is 3. The number of nitrogens with zero attached hydrogens (tertiary/aromatic N) is 2. The minimum atomic E-state index is -3.73. The highest BCUT2D eigenvalue weighted by atomic mass is 32.2. The molecule has 0 aliphatic carbocycles. The lowest BCUT2D eigenvalue weighted by molar-refractivity contribution is -0.150. The number of esters is 1. The Morgan fingerprint density at radius 3 is 2.83 bits per heavy atom. The molecule has 1 fully saturated rings. The number of ketones is 1. The minimum absolute atomic E-state index is 0.151. The lowest BCUT2D eigenvalue weighted by Crippen LogP contribution is -2.41. The van der Waals surface area contributed by atoms with Gasteiger partial charge in [-0.2, -0.15) is 8.42 Å². The van der Waals surface area contributed by atoms with E-state index in [2.05, 4.69) is 4.40 Å². The van der Waals surface area contributed by atoms with Crippen LogP contribution in [0.5, 0.6) is 0 Å². The van der Waals surface area contributed by atoms with E-state index in [0.717, 1.165) is 6.42 Å². The molecule has 0 saturated carbocycles. The lowest BCUT2D eigenvalue weighted by Gasteiger charge is -2.24. The molecule has 0 aromatic heterocycles. The molecule has 2 aliphatic heterocycles. The summed E-state index contributed by atoms with van der Waals surface area (Å²) in [7, 11) is -3.73. The van der Waals surface area contributed by atoms with Gasteiger partial charge in [-0.1, -0.05) is 12.1 Å². The van der Waals surface area contributed by atoms with Gasteiger partial charge in [-0.3, -0.25) is 4.79 Å². The second kappa shape index (κ2) is 5.77. The van der Waals surface area contributed by atoms with E-state index in [1.54, 1.807) is 23.1 Å². The molecule has 3 rings (SSSR count). The third-order valence-corrected chi connectivity index (χ3v) is 5.15. The third kappa shape index (κ3) is 2.86. The predicted octanol–water partition coefficient (Wildman–Crippen LogP) is 0.732. The molecule has 0 unspecified atom stereocenters. The van der Waals surface area contributed by atoms with Gasteiger partial charge in [0.15, 0.2) is 11.6 Å². The fourth-order valence-electron chi connectivity index (χ4n) is 2.83. The highest BCUT2D eigenvalue weighted by Gasteiger charge is 2.39. The highest BCUT2D eigenvalue weighted by Crippen LogP contribution is 2.31. The molecule has 0 N–H and O–H groups in total. The van der Waals surface area contributed by atoms with Crippen LogP contribution in [0.25, 0.3) is 0 Å². The number of carbonyl (C=O) groups excluding carboxylic acids is 2. The van der Waals surface area contributed by atoms with Crippen LogP contribution in [0.15, 0.2) is 33.6 Å². The van der Waals surface area contributed by atoms with Crippen LogP contribution in [-0.2, 0) is 24.3 Å². The van der Waals surface area contributed by atoms with Crippen molar-refractivity contribution in [3.05, 3.63) is 29.8 Å². The Labute approximate surface area is 134 Å². The van der Waals surface area contributed by atoms with Gasteiger partial charge in [0.2, 0.25) is 0 Å². The predicted molar refractivity (Wildman–Crippen MR) is 81.5 cm³/mol. The summed E-state index contributed by atoms with van der Waals surface area (Å²) in [5.41, 5.74) is 0.499. The number of carbonyl (C=O) groups is 2. The number of Topliss-reactive ketones (excluding diaryl/α,β-unsaturated/α-hetero) is 1. The number of ether oxygens (including phenoxy) is 1. The maximum Gasteiger partial charge on any atom is 0.329 e. The molecular formula is C15H16N2O5S. The topological polar surface area (TPSA) is 93.1 Å². The van der Waals surface area contributed by atoms with Gasteiger partial charge in [-0.15, -0.1) is 4.40 Å². The molecule has 0 radical (unpaired) electrons. The quantitative estimate of drug-likeness (QED) is 0.756. The lowest BCUT2D eigenvalue weighted by atomic mass is 10.1. The van der Waals surface area contributed by atoms with Crippen LogP contribution in [0.2, 0.25) is 0 Å². The van der Waals surface area contributed by atoms with Gasteiger partial charge in [-0.05, 0) is 31.9 Å². The van der Waals surface area contributed by atoms with Gasteiger partial charge in [0.25, 0.3) is 10.0 Å². The van der Waals surface area contributed by atoms with E-state index in [0.29, 0.717) is 18.5 Å². The summed E-state index contributed by atoms with van der Waals surface area (Å²) in [6.45, 7) is 1.58. The zero-order valence-electron chi connectivity index (χ0n) is 12.6. The van der Waals surface area contributed by atoms with Crippen LogP contribution in [0, 0.1) is 0 Å². The molecule has 1 saturated heterocycles. The van der Waals surface area contributed by atoms with Gasteiger partial charge in [-0.25, -0.2) is 4.79 Å². The van der Waals surface area contributed by atoms with Crippen molar-refractivity contribution in [3.8, 4) is 0 Å². The summed E-state index contributed by atoms with van der Waals surface area (Å²) >= 11 is 0. The van der Waals surface area contributed by atoms with E-state index in [4.69, 9.17) is 4.74 Å². The number of benzene rings is 1. The second-order valence-corrected chi connectivity index (χ2v) is 7.12. The van der Waals surface area contributed by atoms with Gasteiger partial charge in [0.1, 0.15) is 17.5 Å². The number of hydrogen-bond donors (Lipinski definition) is 0. The van der Waals surface area contributed by atoms with Crippen molar-refractivity contribution >= 4 is 27.6 Å². The summed E-state index contributed by atoms with van der Waals surface area (Å²) in [6.07, 6.45) is 1.26. The average Bonchev–Trinajstić information content (AvgIpc) is 3.08. The molecule has 0 amide bonds. The Bertz CT molecular complexity index is 800. The van der Waals surface area contributed by atoms with Crippen molar-refractivity contribution in [2.24, 2.45) is 4.40 Å². The number of sulfonamides is 1. The molecule has 1 aromatic rings. The van der Waals surface area contributed by atoms with E-state index in [1.165, 1.54) is 13.0 Å². The largest absolute Gasteiger partial charge is 0.456 e. The van der Waals surface area contributed by atoms with Crippen LogP contribution < -0.4 is 0 Å². The Morgan fingerprint density at radius 2 is 2.09 bits per heavy atom. The smallest absolute Gasteiger partial charge is 0.329 e. The van der Waals surface area contributed by atoms with Crippen LogP contribution in [0.1, 0.15) is 25.3 Å². The summed E-state index contributed by atoms with van der Waals surface area (Å²) in [6, 6.07) is 5.93. The zero-order valence-corrected chi connectivity index (χ0v) is 13.4. The number of hydrogen-bond acceptors (Lipinski definition) is 6. The van der Waals surface area contributed by atoms with Crippen LogP contribution in [-0.4, -0.2) is 50.1 Å². The van der Waals surface area contributed by atoms with Gasteiger partial charge in [0.05, 0.1) is 0 Å². The first-order valence-electron chi connectivity index (χ1n) is 7.27. The van der Waals surface area contributed by atoms with E-state index in [9.17, 15) is 18.0 Å². The Kier molecular flexibility index (Phi) is 3.93. The standard InChI is InChI=1S/C15H16N2O5S/c1-10(18)9-22-15(19)12-6-4-8-17(12)14-11-5-2-3-7-13(11)23(20,21)16-14/h2-3,5,7,12H,4,6,8-9H2,1H3/t12-/m0/s1. The van der Waals surface area contributed by atoms with Crippen LogP contribution in [0.4, 0.5) is 0 Å². The maximum atomic E-state index is 12.2. The molecule has 0 spiro atoms. The average molecular weight is 336 g/mol. The molecule has 23 heavy (non-hydrogen) atoms. The highest BCUT2D eigenvalue weighted by molar-refractivity contribution is 7.90. The molecule has 1 aromatic carbocycles. The third-order valence-electron chi connectivity index (χ3n) is 3.83. The fourth-order valence-corrected chi connectivity index (χ4v) is 4.05. The number of fused-ring (bicyclic) bond motifs is 1. The van der Waals surface area contributed by atoms with Gasteiger partial charge < -0.3 is 9.64 Å². The Hall–Kier alpha value is -2.22. The molecule has 122 valence electrons. The van der Waals surface area contributed by atoms with E-state index >= 15 is 0 Å². The molecular weight excluding hydrogens is 320 g/mol. The second-order valence-electron chi connectivity index (χ2n) is 5.55. The van der Waals surface area contributed by atoms with Crippen molar-refractivity contribution in [1.82, 2.24) is 4.90 Å². The SMILES string of the molecule is CC(=O)COC(=O)[C@@H]1CCCN1C1=NS(=O)(=O)c2ccccc21. The number of amidine groups is 1. The van der Waals surface area contributed by atoms with Crippen molar-refractivity contribution in [2.75, 3.05) is 13.2 Å². The molecule has 2 heterocycles. The summed E-state index contributed by atoms with van der Waals surface area (Å²) in [5.74, 6) is -0.487. The Morgan fingerprint density at radius 1 is 1.35 bits per heavy atom. The molecule has 2 aliphatic rings. The summed E-state index contributed by atoms with van der Waals surface area (Å²) in [4.78, 5) is 24.9. The van der Waals surface area contributed by atoms with E-state index in [-0.39, 0.29) is 23.1 Å². The molecule has 1 atom stereocenters. The van der Waals surface area contributed by atoms with E-state index in [1.807, 2.05) is 0 Å². The first-order valence-corrected chi connectivity index (χ1v) is 8.71. The molecule has 8 heteroatoms. The Balaban J connectivity index is 1.89. The minimum Gasteiger partial charge on any atom is -0.456 e. The van der Waals surface area contributed by atoms with Crippen LogP contribution >= 0.6 is 0 Å². The maximum absolute atomic E-state index is 12.2. The fraction of sp³-hybridized carbons (Fsp3) is 0.400.